The van der Waals surface area contributed by atoms with Gasteiger partial charge in [-0.3, -0.25) is 4.99 Å². The van der Waals surface area contributed by atoms with E-state index in [1.165, 1.54) is 11.1 Å². The van der Waals surface area contributed by atoms with Gasteiger partial charge in [-0.1, -0.05) is 62.4 Å². The largest absolute Gasteiger partial charge is 0.398 e. The molecule has 2 nitrogen and oxygen atoms in total. The molecule has 25 heavy (non-hydrogen) atoms. The third kappa shape index (κ3) is 7.38. The zero-order valence-corrected chi connectivity index (χ0v) is 16.2. The summed E-state index contributed by atoms with van der Waals surface area (Å²) in [5.74, 6) is 0.861. The van der Waals surface area contributed by atoms with Crippen LogP contribution in [0.25, 0.3) is 0 Å². The number of hydrogen-bond acceptors (Lipinski definition) is 2. The minimum Gasteiger partial charge on any atom is -0.398 e. The van der Waals surface area contributed by atoms with E-state index in [-0.39, 0.29) is 0 Å². The van der Waals surface area contributed by atoms with Crippen molar-refractivity contribution in [3.05, 3.63) is 77.6 Å². The second kappa shape index (κ2) is 11.2. The van der Waals surface area contributed by atoms with E-state index >= 15 is 0 Å². The van der Waals surface area contributed by atoms with Crippen molar-refractivity contribution in [1.29, 1.82) is 0 Å². The Hall–Kier alpha value is -2.35. The Balaban J connectivity index is 2.96. The molecule has 2 N–H and O–H groups in total. The predicted octanol–water partition coefficient (Wildman–Crippen LogP) is 6.45. The molecule has 0 heterocycles. The molecule has 0 aliphatic rings. The molecule has 0 amide bonds. The summed E-state index contributed by atoms with van der Waals surface area (Å²) >= 11 is 0. The molecule has 1 aromatic rings. The molecule has 2 heteroatoms. The Bertz CT molecular complexity index is 675. The first-order valence-electron chi connectivity index (χ1n) is 9.00. The fourth-order valence-electron chi connectivity index (χ4n) is 2.87. The van der Waals surface area contributed by atoms with Gasteiger partial charge in [0.2, 0.25) is 0 Å². The average molecular weight is 337 g/mol. The molecule has 2 atom stereocenters. The average Bonchev–Trinajstić information content (AvgIpc) is 2.59. The Kier molecular flexibility index (Phi) is 9.31. The summed E-state index contributed by atoms with van der Waals surface area (Å²) in [5.41, 5.74) is 10.6. The number of nitrogens with zero attached hydrogens (tertiary/aromatic N) is 1. The lowest BCUT2D eigenvalue weighted by Gasteiger charge is -2.18. The Morgan fingerprint density at radius 1 is 1.16 bits per heavy atom. The summed E-state index contributed by atoms with van der Waals surface area (Å²) in [6, 6.07) is 8.16. The van der Waals surface area contributed by atoms with Gasteiger partial charge in [0.15, 0.2) is 0 Å². The number of aliphatic imine (C=N–C) groups is 1. The lowest BCUT2D eigenvalue weighted by molar-refractivity contribution is 0.567. The lowest BCUT2D eigenvalue weighted by Crippen LogP contribution is -2.04. The van der Waals surface area contributed by atoms with Crippen LogP contribution < -0.4 is 5.73 Å². The van der Waals surface area contributed by atoms with Gasteiger partial charge in [0.1, 0.15) is 0 Å². The van der Waals surface area contributed by atoms with E-state index in [2.05, 4.69) is 56.1 Å². The topological polar surface area (TPSA) is 38.4 Å². The van der Waals surface area contributed by atoms with Gasteiger partial charge in [0, 0.05) is 18.1 Å². The van der Waals surface area contributed by atoms with E-state index in [4.69, 9.17) is 5.73 Å². The van der Waals surface area contributed by atoms with E-state index in [0.717, 1.165) is 17.7 Å². The summed E-state index contributed by atoms with van der Waals surface area (Å²) in [6.07, 6.45) is 15.4. The van der Waals surface area contributed by atoms with Gasteiger partial charge in [0.05, 0.1) is 0 Å². The van der Waals surface area contributed by atoms with Crippen molar-refractivity contribution in [3.63, 3.8) is 0 Å². The Labute approximate surface area is 153 Å². The monoisotopic (exact) mass is 336 g/mol. The van der Waals surface area contributed by atoms with E-state index in [0.29, 0.717) is 11.8 Å². The van der Waals surface area contributed by atoms with Gasteiger partial charge in [-0.2, -0.15) is 0 Å². The van der Waals surface area contributed by atoms with E-state index in [1.807, 2.05) is 44.3 Å². The third-order valence-electron chi connectivity index (χ3n) is 4.17. The first kappa shape index (κ1) is 20.7. The van der Waals surface area contributed by atoms with Crippen LogP contribution in [0.5, 0.6) is 0 Å². The second-order valence-electron chi connectivity index (χ2n) is 6.47. The summed E-state index contributed by atoms with van der Waals surface area (Å²) in [4.78, 5) is 4.25. The number of para-hydroxylation sites is 1. The van der Waals surface area contributed by atoms with Gasteiger partial charge in [-0.05, 0) is 61.8 Å². The normalized spacial score (nSPS) is 16.2. The molecule has 0 bridgehead atoms. The van der Waals surface area contributed by atoms with Crippen LogP contribution in [0.4, 0.5) is 5.69 Å². The number of anilines is 1. The first-order chi connectivity index (χ1) is 12.0. The molecule has 0 aliphatic heterocycles. The van der Waals surface area contributed by atoms with Crippen molar-refractivity contribution in [2.75, 3.05) is 5.73 Å². The molecule has 2 unspecified atom stereocenters. The smallest absolute Gasteiger partial charge is 0.0349 e. The van der Waals surface area contributed by atoms with Crippen LogP contribution in [0, 0.1) is 5.92 Å². The maximum atomic E-state index is 6.12. The molecule has 0 spiro atoms. The number of hydrogen-bond donors (Lipinski definition) is 1. The van der Waals surface area contributed by atoms with Gasteiger partial charge in [-0.15, -0.1) is 0 Å². The van der Waals surface area contributed by atoms with Crippen molar-refractivity contribution in [2.24, 2.45) is 10.9 Å². The van der Waals surface area contributed by atoms with Crippen LogP contribution in [-0.4, -0.2) is 6.21 Å². The molecular formula is C23H32N2. The second-order valence-corrected chi connectivity index (χ2v) is 6.47. The first-order valence-corrected chi connectivity index (χ1v) is 9.00. The number of allylic oxidation sites excluding steroid dienone is 7. The number of rotatable bonds is 8. The van der Waals surface area contributed by atoms with Crippen LogP contribution in [0.1, 0.15) is 52.5 Å². The van der Waals surface area contributed by atoms with E-state index in [9.17, 15) is 0 Å². The summed E-state index contributed by atoms with van der Waals surface area (Å²) in [6.45, 7) is 10.6. The van der Waals surface area contributed by atoms with Crippen LogP contribution >= 0.6 is 0 Å². The molecule has 0 saturated carbocycles. The zero-order valence-electron chi connectivity index (χ0n) is 16.2. The van der Waals surface area contributed by atoms with Crippen LogP contribution in [0.3, 0.4) is 0 Å². The highest BCUT2D eigenvalue weighted by Crippen LogP contribution is 2.29. The summed E-state index contributed by atoms with van der Waals surface area (Å²) in [7, 11) is 0. The SMILES string of the molecule is CC=N/C=C(C)/C(/C=C\C=C/C)=C\C(C)CC(C)c1ccccc1N. The molecule has 0 saturated heterocycles. The summed E-state index contributed by atoms with van der Waals surface area (Å²) < 4.78 is 0. The minimum atomic E-state index is 0.422. The third-order valence-corrected chi connectivity index (χ3v) is 4.17. The predicted molar refractivity (Wildman–Crippen MR) is 113 cm³/mol. The molecular weight excluding hydrogens is 304 g/mol. The number of benzene rings is 1. The molecule has 0 radical (unpaired) electrons. The fraction of sp³-hybridized carbons (Fsp3) is 0.348. The highest BCUT2D eigenvalue weighted by molar-refractivity contribution is 5.55. The zero-order chi connectivity index (χ0) is 18.7. The van der Waals surface area contributed by atoms with E-state index in [1.54, 1.807) is 6.21 Å². The molecule has 134 valence electrons. The minimum absolute atomic E-state index is 0.422. The Morgan fingerprint density at radius 3 is 2.52 bits per heavy atom. The van der Waals surface area contributed by atoms with Crippen molar-refractivity contribution >= 4 is 11.9 Å². The molecule has 1 rings (SSSR count). The maximum Gasteiger partial charge on any atom is 0.0349 e. The quantitative estimate of drug-likeness (QED) is 0.330. The molecule has 0 aliphatic carbocycles. The number of nitrogens with two attached hydrogens (primary N) is 1. The van der Waals surface area contributed by atoms with Crippen molar-refractivity contribution in [3.8, 4) is 0 Å². The highest BCUT2D eigenvalue weighted by Gasteiger charge is 2.12. The van der Waals surface area contributed by atoms with Crippen molar-refractivity contribution in [1.82, 2.24) is 0 Å². The highest BCUT2D eigenvalue weighted by atomic mass is 14.7. The van der Waals surface area contributed by atoms with E-state index < -0.39 is 0 Å². The fourth-order valence-corrected chi connectivity index (χ4v) is 2.87. The van der Waals surface area contributed by atoms with Gasteiger partial charge in [-0.25, -0.2) is 0 Å². The number of nitrogen functional groups attached to an aromatic ring is 1. The molecule has 0 aromatic heterocycles. The van der Waals surface area contributed by atoms with Gasteiger partial charge < -0.3 is 5.73 Å². The maximum absolute atomic E-state index is 6.12. The van der Waals surface area contributed by atoms with Crippen LogP contribution in [0.2, 0.25) is 0 Å². The summed E-state index contributed by atoms with van der Waals surface area (Å²) in [5, 5.41) is 0. The lowest BCUT2D eigenvalue weighted by atomic mass is 9.88. The van der Waals surface area contributed by atoms with Crippen molar-refractivity contribution < 1.29 is 0 Å². The Morgan fingerprint density at radius 2 is 1.88 bits per heavy atom. The van der Waals surface area contributed by atoms with Crippen molar-refractivity contribution in [2.45, 2.75) is 47.0 Å². The van der Waals surface area contributed by atoms with Gasteiger partial charge >= 0.3 is 0 Å². The standard InChI is InChI=1S/C23H32N2/c1-6-8-9-12-21(20(5)17-25-7-2)16-18(3)15-19(4)22-13-10-11-14-23(22)24/h6-14,16-19H,15,24H2,1-5H3/b8-6-,12-9-,20-17+,21-16-,25-7?. The van der Waals surface area contributed by atoms with Crippen LogP contribution in [0.15, 0.2) is 77.0 Å². The molecule has 0 fully saturated rings. The van der Waals surface area contributed by atoms with Crippen LogP contribution in [-0.2, 0) is 0 Å². The van der Waals surface area contributed by atoms with Gasteiger partial charge in [0.25, 0.3) is 0 Å². The molecule has 1 aromatic carbocycles.